The number of fused-ring (bicyclic) bond motifs is 3. The third kappa shape index (κ3) is 9.47. The van der Waals surface area contributed by atoms with E-state index in [1.165, 1.54) is 0 Å². The van der Waals surface area contributed by atoms with Crippen LogP contribution in [0, 0.1) is 0 Å². The van der Waals surface area contributed by atoms with Crippen LogP contribution in [0.15, 0.2) is 110 Å². The molecule has 10 heteroatoms. The Morgan fingerprint density at radius 1 is 0.580 bits per heavy atom. The average Bonchev–Trinajstić information content (AvgIpc) is 3.40. The minimum Gasteiger partial charge on any atom is -0.457 e. The van der Waals surface area contributed by atoms with Crippen LogP contribution in [0.5, 0.6) is 23.0 Å². The van der Waals surface area contributed by atoms with Gasteiger partial charge in [-0.1, -0.05) is 56.5 Å². The Kier molecular flexibility index (Phi) is 11.8. The molecule has 0 heterocycles. The molecule has 0 unspecified atom stereocenters. The van der Waals surface area contributed by atoms with Crippen LogP contribution in [0.25, 0.3) is 11.1 Å². The first-order chi connectivity index (χ1) is 24.2. The van der Waals surface area contributed by atoms with E-state index in [0.717, 1.165) is 45.5 Å². The number of carbonyl (C=O) groups excluding carboxylic acids is 4. The SMILES string of the molecule is C=CC(=O)OCOc1ccc(CCC(=O)Oc2ccc3c(c2)C(C)c2cc(OC(=O)CCc4ccc(OCOC(=O)C=C)cc4)ccc2-3)cc1. The average molecular weight is 677 g/mol. The van der Waals surface area contributed by atoms with Gasteiger partial charge in [0.05, 0.1) is 0 Å². The second-order valence-corrected chi connectivity index (χ2v) is 11.3. The fraction of sp³-hybridized carbons (Fsp3) is 0.200. The van der Waals surface area contributed by atoms with Gasteiger partial charge >= 0.3 is 23.9 Å². The van der Waals surface area contributed by atoms with E-state index in [9.17, 15) is 19.2 Å². The highest BCUT2D eigenvalue weighted by atomic mass is 16.7. The van der Waals surface area contributed by atoms with Gasteiger partial charge in [0.2, 0.25) is 13.6 Å². The number of carbonyl (C=O) groups is 4. The molecule has 50 heavy (non-hydrogen) atoms. The van der Waals surface area contributed by atoms with Crippen LogP contribution in [0.2, 0.25) is 0 Å². The molecule has 0 aromatic heterocycles. The van der Waals surface area contributed by atoms with Crippen molar-refractivity contribution in [2.75, 3.05) is 13.6 Å². The van der Waals surface area contributed by atoms with Gasteiger partial charge in [0.25, 0.3) is 0 Å². The Balaban J connectivity index is 1.09. The van der Waals surface area contributed by atoms with Crippen LogP contribution in [0.1, 0.15) is 47.9 Å². The number of benzene rings is 4. The van der Waals surface area contributed by atoms with Crippen molar-refractivity contribution < 1.29 is 47.6 Å². The maximum atomic E-state index is 12.7. The first kappa shape index (κ1) is 35.2. The maximum absolute atomic E-state index is 12.7. The van der Waals surface area contributed by atoms with Gasteiger partial charge < -0.3 is 28.4 Å². The van der Waals surface area contributed by atoms with E-state index in [-0.39, 0.29) is 44.3 Å². The lowest BCUT2D eigenvalue weighted by atomic mass is 9.99. The third-order valence-corrected chi connectivity index (χ3v) is 8.00. The highest BCUT2D eigenvalue weighted by molar-refractivity contribution is 5.82. The zero-order valence-electron chi connectivity index (χ0n) is 27.6. The van der Waals surface area contributed by atoms with Crippen LogP contribution < -0.4 is 18.9 Å². The van der Waals surface area contributed by atoms with Gasteiger partial charge in [-0.05, 0) is 94.8 Å². The molecule has 4 aromatic carbocycles. The molecule has 0 atom stereocenters. The molecule has 10 nitrogen and oxygen atoms in total. The minimum absolute atomic E-state index is 0.000599. The lowest BCUT2D eigenvalue weighted by molar-refractivity contribution is -0.145. The molecule has 5 rings (SSSR count). The second kappa shape index (κ2) is 16.8. The highest BCUT2D eigenvalue weighted by Gasteiger charge is 2.27. The third-order valence-electron chi connectivity index (χ3n) is 8.00. The van der Waals surface area contributed by atoms with Gasteiger partial charge in [-0.3, -0.25) is 9.59 Å². The molecular weight excluding hydrogens is 640 g/mol. The standard InChI is InChI=1S/C40H36O10/c1-4-37(41)47-24-45-29-12-6-27(7-13-29)10-20-39(43)49-31-16-18-33-34-19-17-32(23-36(34)26(3)35(33)22-31)50-40(44)21-11-28-8-14-30(15-9-28)46-25-48-38(42)5-2/h4-9,12-19,22-23,26H,1-2,10-11,20-21,24-25H2,3H3. The van der Waals surface area contributed by atoms with Crippen LogP contribution >= 0.6 is 0 Å². The molecule has 256 valence electrons. The van der Waals surface area contributed by atoms with E-state index in [1.807, 2.05) is 48.5 Å². The van der Waals surface area contributed by atoms with E-state index in [0.29, 0.717) is 35.8 Å². The second-order valence-electron chi connectivity index (χ2n) is 11.3. The smallest absolute Gasteiger partial charge is 0.333 e. The Morgan fingerprint density at radius 3 is 1.34 bits per heavy atom. The Morgan fingerprint density at radius 2 is 0.960 bits per heavy atom. The van der Waals surface area contributed by atoms with Crippen molar-refractivity contribution in [3.05, 3.63) is 132 Å². The number of hydrogen-bond donors (Lipinski definition) is 0. The largest absolute Gasteiger partial charge is 0.457 e. The normalized spacial score (nSPS) is 11.4. The van der Waals surface area contributed by atoms with Gasteiger partial charge in [0, 0.05) is 30.9 Å². The van der Waals surface area contributed by atoms with Gasteiger partial charge in [0.1, 0.15) is 23.0 Å². The first-order valence-corrected chi connectivity index (χ1v) is 15.9. The number of aryl methyl sites for hydroxylation is 2. The molecule has 0 N–H and O–H groups in total. The summed E-state index contributed by atoms with van der Waals surface area (Å²) in [6.45, 7) is 8.28. The predicted molar refractivity (Wildman–Crippen MR) is 184 cm³/mol. The maximum Gasteiger partial charge on any atom is 0.333 e. The van der Waals surface area contributed by atoms with Crippen molar-refractivity contribution in [2.45, 2.75) is 38.5 Å². The Hall–Kier alpha value is -6.16. The molecule has 0 radical (unpaired) electrons. The van der Waals surface area contributed by atoms with E-state index in [1.54, 1.807) is 36.4 Å². The number of rotatable bonds is 16. The molecular formula is C40H36O10. The van der Waals surface area contributed by atoms with Crippen molar-refractivity contribution in [3.8, 4) is 34.1 Å². The summed E-state index contributed by atoms with van der Waals surface area (Å²) in [4.78, 5) is 47.6. The first-order valence-electron chi connectivity index (χ1n) is 15.9. The lowest BCUT2D eigenvalue weighted by Crippen LogP contribution is -2.09. The van der Waals surface area contributed by atoms with Gasteiger partial charge in [-0.2, -0.15) is 0 Å². The summed E-state index contributed by atoms with van der Waals surface area (Å²) in [7, 11) is 0. The molecule has 1 aliphatic rings. The monoisotopic (exact) mass is 676 g/mol. The van der Waals surface area contributed by atoms with Gasteiger partial charge in [0.15, 0.2) is 0 Å². The molecule has 0 spiro atoms. The van der Waals surface area contributed by atoms with Crippen LogP contribution in [0.3, 0.4) is 0 Å². The van der Waals surface area contributed by atoms with Crippen LogP contribution in [-0.2, 0) is 41.5 Å². The summed E-state index contributed by atoms with van der Waals surface area (Å²) in [6.07, 6.45) is 3.46. The number of ether oxygens (including phenoxy) is 6. The van der Waals surface area contributed by atoms with Crippen molar-refractivity contribution in [1.82, 2.24) is 0 Å². The summed E-state index contributed by atoms with van der Waals surface area (Å²) >= 11 is 0. The number of hydrogen-bond acceptors (Lipinski definition) is 10. The van der Waals surface area contributed by atoms with E-state index in [4.69, 9.17) is 28.4 Å². The summed E-state index contributed by atoms with van der Waals surface area (Å²) in [6, 6.07) is 25.5. The fourth-order valence-electron chi connectivity index (χ4n) is 5.37. The zero-order chi connectivity index (χ0) is 35.5. The molecule has 0 aliphatic heterocycles. The van der Waals surface area contributed by atoms with Gasteiger partial charge in [-0.15, -0.1) is 0 Å². The van der Waals surface area contributed by atoms with Crippen molar-refractivity contribution >= 4 is 23.9 Å². The van der Waals surface area contributed by atoms with Crippen molar-refractivity contribution in [3.63, 3.8) is 0 Å². The molecule has 4 aromatic rings. The Labute approximate surface area is 289 Å². The zero-order valence-corrected chi connectivity index (χ0v) is 27.6. The molecule has 0 saturated heterocycles. The fourth-order valence-corrected chi connectivity index (χ4v) is 5.37. The summed E-state index contributed by atoms with van der Waals surface area (Å²) in [5, 5.41) is 0. The highest BCUT2D eigenvalue weighted by Crippen LogP contribution is 2.47. The van der Waals surface area contributed by atoms with Crippen molar-refractivity contribution in [1.29, 1.82) is 0 Å². The quantitative estimate of drug-likeness (QED) is 0.0529. The molecule has 0 bridgehead atoms. The molecule has 0 saturated carbocycles. The van der Waals surface area contributed by atoms with Crippen LogP contribution in [-0.4, -0.2) is 37.5 Å². The van der Waals surface area contributed by atoms with Crippen molar-refractivity contribution in [2.24, 2.45) is 0 Å². The molecule has 0 amide bonds. The van der Waals surface area contributed by atoms with E-state index >= 15 is 0 Å². The van der Waals surface area contributed by atoms with E-state index in [2.05, 4.69) is 20.1 Å². The topological polar surface area (TPSA) is 124 Å². The molecule has 1 aliphatic carbocycles. The summed E-state index contributed by atoms with van der Waals surface area (Å²) in [5.74, 6) is 0.160. The lowest BCUT2D eigenvalue weighted by Gasteiger charge is -2.10. The van der Waals surface area contributed by atoms with Gasteiger partial charge in [-0.25, -0.2) is 9.59 Å². The summed E-state index contributed by atoms with van der Waals surface area (Å²) < 4.78 is 31.7. The number of esters is 4. The van der Waals surface area contributed by atoms with E-state index < -0.39 is 11.9 Å². The summed E-state index contributed by atoms with van der Waals surface area (Å²) in [5.41, 5.74) is 5.98. The minimum atomic E-state index is -0.566. The Bertz CT molecular complexity index is 1740. The molecule has 0 fully saturated rings. The van der Waals surface area contributed by atoms with Crippen LogP contribution in [0.4, 0.5) is 0 Å². The predicted octanol–water partition coefficient (Wildman–Crippen LogP) is 7.03.